The summed E-state index contributed by atoms with van der Waals surface area (Å²) in [6.07, 6.45) is 0.800. The molecule has 0 saturated carbocycles. The van der Waals surface area contributed by atoms with Gasteiger partial charge in [0.25, 0.3) is 0 Å². The lowest BCUT2D eigenvalue weighted by molar-refractivity contribution is 0.112. The molecular weight excluding hydrogens is 272 g/mol. The number of halogens is 1. The largest absolute Gasteiger partial charge is 0.326 e. The first kappa shape index (κ1) is 12.9. The number of nitrogens with zero attached hydrogens (tertiary/aromatic N) is 1. The molecule has 20 heavy (non-hydrogen) atoms. The van der Waals surface area contributed by atoms with E-state index in [1.165, 1.54) is 0 Å². The molecule has 1 aromatic heterocycles. The van der Waals surface area contributed by atoms with E-state index >= 15 is 0 Å². The van der Waals surface area contributed by atoms with Gasteiger partial charge in [-0.05, 0) is 23.8 Å². The molecule has 0 spiro atoms. The summed E-state index contributed by atoms with van der Waals surface area (Å²) in [6.45, 7) is 0.463. The minimum absolute atomic E-state index is 0.426. The molecule has 0 aliphatic carbocycles. The second-order valence-electron chi connectivity index (χ2n) is 4.55. The minimum atomic E-state index is 0.426. The van der Waals surface area contributed by atoms with Gasteiger partial charge >= 0.3 is 0 Å². The van der Waals surface area contributed by atoms with Crippen LogP contribution >= 0.6 is 11.6 Å². The Bertz CT molecular complexity index is 792. The summed E-state index contributed by atoms with van der Waals surface area (Å²) in [7, 11) is 0. The van der Waals surface area contributed by atoms with Gasteiger partial charge in [0, 0.05) is 17.6 Å². The fourth-order valence-electron chi connectivity index (χ4n) is 2.42. The Morgan fingerprint density at radius 2 is 1.95 bits per heavy atom. The van der Waals surface area contributed by atoms with Gasteiger partial charge in [-0.2, -0.15) is 0 Å². The topological polar surface area (TPSA) is 48.0 Å². The van der Waals surface area contributed by atoms with E-state index in [4.69, 9.17) is 17.3 Å². The predicted octanol–water partition coefficient (Wildman–Crippen LogP) is 3.56. The van der Waals surface area contributed by atoms with Crippen LogP contribution in [0.25, 0.3) is 16.6 Å². The highest BCUT2D eigenvalue weighted by molar-refractivity contribution is 6.34. The van der Waals surface area contributed by atoms with E-state index in [0.29, 0.717) is 17.3 Å². The number of nitrogens with two attached hydrogens (primary N) is 1. The van der Waals surface area contributed by atoms with E-state index in [0.717, 1.165) is 28.4 Å². The summed E-state index contributed by atoms with van der Waals surface area (Å²) in [5.41, 5.74) is 9.03. The summed E-state index contributed by atoms with van der Waals surface area (Å²) in [5, 5.41) is 1.28. The molecule has 0 atom stereocenters. The van der Waals surface area contributed by atoms with Crippen LogP contribution < -0.4 is 5.73 Å². The smallest absolute Gasteiger partial charge is 0.153 e. The van der Waals surface area contributed by atoms with Gasteiger partial charge in [-0.15, -0.1) is 0 Å². The summed E-state index contributed by atoms with van der Waals surface area (Å²) in [4.78, 5) is 11.3. The summed E-state index contributed by atoms with van der Waals surface area (Å²) >= 11 is 6.38. The first-order chi connectivity index (χ1) is 9.76. The van der Waals surface area contributed by atoms with Crippen molar-refractivity contribution in [3.63, 3.8) is 0 Å². The monoisotopic (exact) mass is 284 g/mol. The van der Waals surface area contributed by atoms with E-state index in [1.807, 2.05) is 53.1 Å². The van der Waals surface area contributed by atoms with Crippen LogP contribution in [0.3, 0.4) is 0 Å². The lowest BCUT2D eigenvalue weighted by Gasteiger charge is -2.08. The van der Waals surface area contributed by atoms with Gasteiger partial charge in [-0.1, -0.05) is 41.9 Å². The van der Waals surface area contributed by atoms with Crippen LogP contribution in [0.2, 0.25) is 5.15 Å². The maximum atomic E-state index is 11.3. The number of carbonyl (C=O) groups excluding carboxylic acids is 1. The molecule has 4 heteroatoms. The number of benzene rings is 2. The van der Waals surface area contributed by atoms with Crippen molar-refractivity contribution in [1.29, 1.82) is 0 Å². The van der Waals surface area contributed by atoms with Crippen LogP contribution in [0, 0.1) is 0 Å². The number of hydrogen-bond donors (Lipinski definition) is 1. The third-order valence-corrected chi connectivity index (χ3v) is 3.75. The molecule has 0 unspecified atom stereocenters. The maximum absolute atomic E-state index is 11.3. The number of aromatic nitrogens is 1. The van der Waals surface area contributed by atoms with Gasteiger partial charge in [0.1, 0.15) is 5.15 Å². The molecule has 2 aromatic carbocycles. The number of fused-ring (bicyclic) bond motifs is 1. The van der Waals surface area contributed by atoms with Crippen molar-refractivity contribution in [2.24, 2.45) is 5.73 Å². The lowest BCUT2D eigenvalue weighted by Crippen LogP contribution is -1.99. The van der Waals surface area contributed by atoms with E-state index in [1.54, 1.807) is 0 Å². The van der Waals surface area contributed by atoms with Crippen LogP contribution in [-0.4, -0.2) is 10.9 Å². The maximum Gasteiger partial charge on any atom is 0.153 e. The van der Waals surface area contributed by atoms with Gasteiger partial charge in [-0.25, -0.2) is 0 Å². The van der Waals surface area contributed by atoms with Gasteiger partial charge in [0.15, 0.2) is 6.29 Å². The van der Waals surface area contributed by atoms with Gasteiger partial charge < -0.3 is 5.73 Å². The highest BCUT2D eigenvalue weighted by Gasteiger charge is 2.15. The Labute approximate surface area is 121 Å². The standard InChI is InChI=1S/C16H13ClN2O/c17-16-14(10-20)13-6-1-2-7-15(13)19(16)12-5-3-4-11(8-12)9-18/h1-8,10H,9,18H2. The minimum Gasteiger partial charge on any atom is -0.326 e. The van der Waals surface area contributed by atoms with Crippen molar-refractivity contribution in [1.82, 2.24) is 4.57 Å². The molecule has 3 rings (SSSR count). The zero-order chi connectivity index (χ0) is 14.1. The number of hydrogen-bond acceptors (Lipinski definition) is 2. The van der Waals surface area contributed by atoms with E-state index in [2.05, 4.69) is 0 Å². The Morgan fingerprint density at radius 1 is 1.15 bits per heavy atom. The molecule has 0 saturated heterocycles. The average Bonchev–Trinajstić information content (AvgIpc) is 2.78. The van der Waals surface area contributed by atoms with E-state index in [9.17, 15) is 4.79 Å². The second kappa shape index (κ2) is 5.12. The molecule has 0 fully saturated rings. The Kier molecular flexibility index (Phi) is 3.30. The molecule has 0 radical (unpaired) electrons. The second-order valence-corrected chi connectivity index (χ2v) is 4.91. The van der Waals surface area contributed by atoms with Crippen LogP contribution in [0.15, 0.2) is 48.5 Å². The number of para-hydroxylation sites is 1. The van der Waals surface area contributed by atoms with Crippen LogP contribution in [0.4, 0.5) is 0 Å². The Morgan fingerprint density at radius 3 is 2.70 bits per heavy atom. The molecule has 100 valence electrons. The lowest BCUT2D eigenvalue weighted by atomic mass is 10.2. The van der Waals surface area contributed by atoms with E-state index < -0.39 is 0 Å². The van der Waals surface area contributed by atoms with Crippen molar-refractivity contribution < 1.29 is 4.79 Å². The summed E-state index contributed by atoms with van der Waals surface area (Å²) in [6, 6.07) is 15.5. The Balaban J connectivity index is 2.35. The SMILES string of the molecule is NCc1cccc(-n2c(Cl)c(C=O)c3ccccc32)c1. The van der Waals surface area contributed by atoms with Crippen molar-refractivity contribution >= 4 is 28.8 Å². The highest BCUT2D eigenvalue weighted by Crippen LogP contribution is 2.32. The third-order valence-electron chi connectivity index (χ3n) is 3.38. The number of rotatable bonds is 3. The molecule has 0 aliphatic heterocycles. The summed E-state index contributed by atoms with van der Waals surface area (Å²) in [5.74, 6) is 0. The van der Waals surface area contributed by atoms with Crippen LogP contribution in [0.5, 0.6) is 0 Å². The molecule has 3 aromatic rings. The molecule has 0 bridgehead atoms. The van der Waals surface area contributed by atoms with E-state index in [-0.39, 0.29) is 0 Å². The van der Waals surface area contributed by atoms with Crippen LogP contribution in [0.1, 0.15) is 15.9 Å². The highest BCUT2D eigenvalue weighted by atomic mass is 35.5. The normalized spacial score (nSPS) is 10.9. The molecule has 0 aliphatic rings. The zero-order valence-electron chi connectivity index (χ0n) is 10.7. The number of aldehydes is 1. The molecule has 3 nitrogen and oxygen atoms in total. The van der Waals surface area contributed by atoms with Crippen molar-refractivity contribution in [3.8, 4) is 5.69 Å². The first-order valence-electron chi connectivity index (χ1n) is 6.29. The van der Waals surface area contributed by atoms with Crippen molar-refractivity contribution in [3.05, 3.63) is 64.8 Å². The fourth-order valence-corrected chi connectivity index (χ4v) is 2.76. The average molecular weight is 285 g/mol. The van der Waals surface area contributed by atoms with Gasteiger partial charge in [-0.3, -0.25) is 9.36 Å². The van der Waals surface area contributed by atoms with Crippen molar-refractivity contribution in [2.75, 3.05) is 0 Å². The zero-order valence-corrected chi connectivity index (χ0v) is 11.5. The molecule has 2 N–H and O–H groups in total. The van der Waals surface area contributed by atoms with Crippen LogP contribution in [-0.2, 0) is 6.54 Å². The predicted molar refractivity (Wildman–Crippen MR) is 81.6 cm³/mol. The summed E-state index contributed by atoms with van der Waals surface area (Å²) < 4.78 is 1.87. The number of carbonyl (C=O) groups is 1. The fraction of sp³-hybridized carbons (Fsp3) is 0.0625. The van der Waals surface area contributed by atoms with Crippen molar-refractivity contribution in [2.45, 2.75) is 6.54 Å². The Hall–Kier alpha value is -2.10. The molecular formula is C16H13ClN2O. The van der Waals surface area contributed by atoms with Gasteiger partial charge in [0.05, 0.1) is 11.1 Å². The van der Waals surface area contributed by atoms with Gasteiger partial charge in [0.2, 0.25) is 0 Å². The quantitative estimate of drug-likeness (QED) is 0.748. The first-order valence-corrected chi connectivity index (χ1v) is 6.67. The molecule has 1 heterocycles. The molecule has 0 amide bonds. The third kappa shape index (κ3) is 1.92.